The molecule has 0 unspecified atom stereocenters. The second-order valence-corrected chi connectivity index (χ2v) is 6.79. The quantitative estimate of drug-likeness (QED) is 0.505. The number of amides is 2. The van der Waals surface area contributed by atoms with Gasteiger partial charge in [0, 0.05) is 0 Å². The van der Waals surface area contributed by atoms with E-state index < -0.39 is 29.6 Å². The second-order valence-electron chi connectivity index (χ2n) is 4.95. The number of aliphatic carboxylic acids is 1. The Hall–Kier alpha value is -2.33. The Balaban J connectivity index is 2.10. The molecule has 0 bridgehead atoms. The first-order valence-electron chi connectivity index (χ1n) is 7.37. The first kappa shape index (κ1) is 20.0. The molecule has 8 nitrogen and oxygen atoms in total. The number of hydrogen-bond acceptors (Lipinski definition) is 7. The highest BCUT2D eigenvalue weighted by Gasteiger charge is 2.36. The Bertz CT molecular complexity index is 793. The van der Waals surface area contributed by atoms with E-state index in [1.165, 1.54) is 6.08 Å². The number of ether oxygens (including phenoxy) is 2. The van der Waals surface area contributed by atoms with E-state index in [4.69, 9.17) is 14.6 Å². The van der Waals surface area contributed by atoms with Crippen LogP contribution in [0.25, 0.3) is 6.08 Å². The van der Waals surface area contributed by atoms with Crippen LogP contribution >= 0.6 is 27.7 Å². The summed E-state index contributed by atoms with van der Waals surface area (Å²) in [4.78, 5) is 46.7. The molecular weight excluding hydrogens is 430 g/mol. The molecule has 0 atom stereocenters. The molecule has 1 N–H and O–H groups in total. The molecule has 0 spiro atoms. The van der Waals surface area contributed by atoms with E-state index in [0.29, 0.717) is 32.4 Å². The number of halogens is 1. The topological polar surface area (TPSA) is 110 Å². The van der Waals surface area contributed by atoms with Crippen molar-refractivity contribution in [1.82, 2.24) is 4.90 Å². The number of carboxylic acid groups (broad SMARTS) is 1. The maximum Gasteiger partial charge on any atom is 0.344 e. The van der Waals surface area contributed by atoms with Gasteiger partial charge in [0.2, 0.25) is 0 Å². The van der Waals surface area contributed by atoms with Gasteiger partial charge < -0.3 is 14.6 Å². The van der Waals surface area contributed by atoms with Gasteiger partial charge in [0.1, 0.15) is 12.3 Å². The van der Waals surface area contributed by atoms with Crippen molar-refractivity contribution in [3.63, 3.8) is 0 Å². The number of benzene rings is 1. The molecule has 1 aliphatic rings. The Labute approximate surface area is 161 Å². The second kappa shape index (κ2) is 8.86. The van der Waals surface area contributed by atoms with E-state index >= 15 is 0 Å². The number of rotatable bonds is 7. The molecule has 0 saturated carbocycles. The standard InChI is InChI=1S/C16H14BrNO7S/c1-2-24-14(21)8-25-11-4-3-9(5-10(11)17)6-12-15(22)18(7-13(19)20)16(23)26-12/h3-6H,2,7-8H2,1H3,(H,19,20)/b12-6-. The van der Waals surface area contributed by atoms with E-state index in [-0.39, 0.29) is 18.1 Å². The minimum Gasteiger partial charge on any atom is -0.481 e. The molecule has 1 saturated heterocycles. The lowest BCUT2D eigenvalue weighted by Gasteiger charge is -2.09. The van der Waals surface area contributed by atoms with Gasteiger partial charge in [-0.1, -0.05) is 6.07 Å². The largest absolute Gasteiger partial charge is 0.481 e. The summed E-state index contributed by atoms with van der Waals surface area (Å²) < 4.78 is 10.6. The molecule has 2 amide bonds. The number of esters is 1. The fourth-order valence-electron chi connectivity index (χ4n) is 1.99. The Morgan fingerprint density at radius 1 is 1.35 bits per heavy atom. The Morgan fingerprint density at radius 3 is 2.69 bits per heavy atom. The maximum absolute atomic E-state index is 12.1. The van der Waals surface area contributed by atoms with Gasteiger partial charge in [-0.25, -0.2) is 4.79 Å². The van der Waals surface area contributed by atoms with Crippen LogP contribution in [0.2, 0.25) is 0 Å². The smallest absolute Gasteiger partial charge is 0.344 e. The summed E-state index contributed by atoms with van der Waals surface area (Å²) in [6.07, 6.45) is 1.48. The van der Waals surface area contributed by atoms with Crippen LogP contribution in [-0.2, 0) is 19.1 Å². The average molecular weight is 444 g/mol. The third-order valence-electron chi connectivity index (χ3n) is 3.07. The first-order chi connectivity index (χ1) is 12.3. The van der Waals surface area contributed by atoms with Gasteiger partial charge in [0.15, 0.2) is 6.61 Å². The van der Waals surface area contributed by atoms with E-state index in [1.807, 2.05) is 0 Å². The molecule has 0 aromatic heterocycles. The zero-order valence-electron chi connectivity index (χ0n) is 13.6. The lowest BCUT2D eigenvalue weighted by molar-refractivity contribution is -0.145. The Kier molecular flexibility index (Phi) is 6.81. The number of thioether (sulfide) groups is 1. The van der Waals surface area contributed by atoms with Crippen LogP contribution in [0, 0.1) is 0 Å². The molecule has 1 aromatic carbocycles. The highest BCUT2D eigenvalue weighted by Crippen LogP contribution is 2.33. The van der Waals surface area contributed by atoms with Crippen molar-refractivity contribution in [2.24, 2.45) is 0 Å². The van der Waals surface area contributed by atoms with Crippen LogP contribution in [0.15, 0.2) is 27.6 Å². The number of hydrogen-bond donors (Lipinski definition) is 1. The summed E-state index contributed by atoms with van der Waals surface area (Å²) in [6, 6.07) is 4.87. The molecule has 0 radical (unpaired) electrons. The first-order valence-corrected chi connectivity index (χ1v) is 8.98. The van der Waals surface area contributed by atoms with Crippen LogP contribution < -0.4 is 4.74 Å². The molecule has 138 valence electrons. The molecule has 1 aliphatic heterocycles. The van der Waals surface area contributed by atoms with Gasteiger partial charge in [-0.05, 0) is 58.4 Å². The normalized spacial score (nSPS) is 15.5. The van der Waals surface area contributed by atoms with E-state index in [9.17, 15) is 19.2 Å². The maximum atomic E-state index is 12.1. The fourth-order valence-corrected chi connectivity index (χ4v) is 3.34. The number of imide groups is 1. The van der Waals surface area contributed by atoms with Crippen LogP contribution in [0.4, 0.5) is 4.79 Å². The summed E-state index contributed by atoms with van der Waals surface area (Å²) in [5.41, 5.74) is 0.598. The summed E-state index contributed by atoms with van der Waals surface area (Å²) in [7, 11) is 0. The molecule has 1 heterocycles. The predicted octanol–water partition coefficient (Wildman–Crippen LogP) is 2.51. The van der Waals surface area contributed by atoms with Crippen molar-refractivity contribution in [2.45, 2.75) is 6.92 Å². The molecule has 2 rings (SSSR count). The fraction of sp³-hybridized carbons (Fsp3) is 0.250. The van der Waals surface area contributed by atoms with E-state index in [1.54, 1.807) is 25.1 Å². The predicted molar refractivity (Wildman–Crippen MR) is 96.6 cm³/mol. The lowest BCUT2D eigenvalue weighted by atomic mass is 10.2. The van der Waals surface area contributed by atoms with Crippen molar-refractivity contribution in [1.29, 1.82) is 0 Å². The summed E-state index contributed by atoms with van der Waals surface area (Å²) in [6.45, 7) is 1.05. The summed E-state index contributed by atoms with van der Waals surface area (Å²) >= 11 is 3.98. The van der Waals surface area contributed by atoms with Gasteiger partial charge in [0.25, 0.3) is 11.1 Å². The molecule has 10 heteroatoms. The van der Waals surface area contributed by atoms with Gasteiger partial charge in [-0.15, -0.1) is 0 Å². The van der Waals surface area contributed by atoms with Gasteiger partial charge >= 0.3 is 11.9 Å². The monoisotopic (exact) mass is 443 g/mol. The van der Waals surface area contributed by atoms with Crippen molar-refractivity contribution in [2.75, 3.05) is 19.8 Å². The van der Waals surface area contributed by atoms with E-state index in [2.05, 4.69) is 15.9 Å². The van der Waals surface area contributed by atoms with Gasteiger partial charge in [-0.3, -0.25) is 19.3 Å². The van der Waals surface area contributed by atoms with Gasteiger partial charge in [0.05, 0.1) is 16.0 Å². The molecule has 26 heavy (non-hydrogen) atoms. The number of nitrogens with zero attached hydrogens (tertiary/aromatic N) is 1. The van der Waals surface area contributed by atoms with E-state index in [0.717, 1.165) is 0 Å². The van der Waals surface area contributed by atoms with Crippen molar-refractivity contribution in [3.8, 4) is 5.75 Å². The van der Waals surface area contributed by atoms with Crippen LogP contribution in [0.3, 0.4) is 0 Å². The van der Waals surface area contributed by atoms with Gasteiger partial charge in [-0.2, -0.15) is 0 Å². The molecule has 1 aromatic rings. The highest BCUT2D eigenvalue weighted by molar-refractivity contribution is 9.10. The van der Waals surface area contributed by atoms with Crippen molar-refractivity contribution >= 4 is 56.9 Å². The molecule has 0 aliphatic carbocycles. The number of carbonyl (C=O) groups is 4. The molecule has 1 fully saturated rings. The number of carboxylic acids is 1. The molecular formula is C16H14BrNO7S. The summed E-state index contributed by atoms with van der Waals surface area (Å²) in [5.74, 6) is -2.00. The Morgan fingerprint density at radius 2 is 2.08 bits per heavy atom. The van der Waals surface area contributed by atoms with Crippen molar-refractivity contribution < 1.29 is 33.8 Å². The van der Waals surface area contributed by atoms with Crippen LogP contribution in [0.1, 0.15) is 12.5 Å². The highest BCUT2D eigenvalue weighted by atomic mass is 79.9. The lowest BCUT2D eigenvalue weighted by Crippen LogP contribution is -2.33. The zero-order valence-corrected chi connectivity index (χ0v) is 16.0. The minimum atomic E-state index is -1.26. The number of carbonyl (C=O) groups excluding carboxylic acids is 3. The van der Waals surface area contributed by atoms with Crippen LogP contribution in [0.5, 0.6) is 5.75 Å². The average Bonchev–Trinajstić information content (AvgIpc) is 2.81. The third kappa shape index (κ3) is 5.09. The van der Waals surface area contributed by atoms with Crippen molar-refractivity contribution in [3.05, 3.63) is 33.1 Å². The third-order valence-corrected chi connectivity index (χ3v) is 4.60. The SMILES string of the molecule is CCOC(=O)COc1ccc(/C=C2\SC(=O)N(CC(=O)O)C2=O)cc1Br. The summed E-state index contributed by atoms with van der Waals surface area (Å²) in [5, 5.41) is 8.12. The van der Waals surface area contributed by atoms with Crippen LogP contribution in [-0.4, -0.2) is 52.8 Å². The minimum absolute atomic E-state index is 0.128. The zero-order chi connectivity index (χ0) is 19.3.